The Balaban J connectivity index is 2.00. The molecule has 0 aliphatic carbocycles. The van der Waals surface area contributed by atoms with Crippen molar-refractivity contribution in [1.82, 2.24) is 29.4 Å². The Morgan fingerprint density at radius 2 is 1.88 bits per heavy atom. The predicted octanol–water partition coefficient (Wildman–Crippen LogP) is 3.65. The molecule has 0 aliphatic rings. The molecular formula is C29H34FN7O5S. The zero-order valence-corrected chi connectivity index (χ0v) is 25.9. The van der Waals surface area contributed by atoms with Gasteiger partial charge in [0.05, 0.1) is 49.5 Å². The van der Waals surface area contributed by atoms with Crippen LogP contribution in [0.2, 0.25) is 0 Å². The first-order chi connectivity index (χ1) is 20.3. The number of amides is 1. The molecule has 0 aliphatic heterocycles. The number of halogens is 1. The molecule has 0 spiro atoms. The smallest absolute Gasteiger partial charge is 0.332 e. The van der Waals surface area contributed by atoms with E-state index < -0.39 is 40.5 Å². The monoisotopic (exact) mass is 611 g/mol. The summed E-state index contributed by atoms with van der Waals surface area (Å²) in [4.78, 5) is 42.8. The number of nitrogens with zero attached hydrogens (tertiary/aromatic N) is 6. The van der Waals surface area contributed by atoms with Crippen molar-refractivity contribution in [1.29, 1.82) is 5.26 Å². The molecule has 0 saturated carbocycles. The zero-order chi connectivity index (χ0) is 31.6. The molecule has 0 bridgehead atoms. The second kappa shape index (κ2) is 12.5. The Hall–Kier alpha value is -4.35. The summed E-state index contributed by atoms with van der Waals surface area (Å²) >= 11 is 1.13. The summed E-state index contributed by atoms with van der Waals surface area (Å²) in [5.74, 6) is -0.742. The Kier molecular flexibility index (Phi) is 9.17. The molecule has 12 nitrogen and oxygen atoms in total. The number of carbonyl (C=O) groups is 1. The lowest BCUT2D eigenvalue weighted by atomic mass is 9.97. The number of nitrogens with one attached hydrogen (secondary N) is 1. The summed E-state index contributed by atoms with van der Waals surface area (Å²) in [6, 6.07) is 4.74. The summed E-state index contributed by atoms with van der Waals surface area (Å²) in [5.41, 5.74) is -1.47. The molecule has 0 fully saturated rings. The van der Waals surface area contributed by atoms with Crippen molar-refractivity contribution in [2.24, 2.45) is 5.41 Å². The van der Waals surface area contributed by atoms with E-state index in [0.29, 0.717) is 26.7 Å². The van der Waals surface area contributed by atoms with Crippen LogP contribution in [0, 0.1) is 29.5 Å². The second-order valence-electron chi connectivity index (χ2n) is 11.1. The zero-order valence-electron chi connectivity index (χ0n) is 25.0. The lowest BCUT2D eigenvalue weighted by Gasteiger charge is -2.26. The van der Waals surface area contributed by atoms with Gasteiger partial charge in [-0.15, -0.1) is 4.80 Å². The van der Waals surface area contributed by atoms with Gasteiger partial charge in [-0.2, -0.15) is 15.5 Å². The molecule has 14 heteroatoms. The van der Waals surface area contributed by atoms with Crippen LogP contribution in [-0.4, -0.2) is 49.8 Å². The van der Waals surface area contributed by atoms with Gasteiger partial charge in [0.1, 0.15) is 33.5 Å². The SMILES string of the molecule is COc1ccc(F)cc1[C@H](Cn1c(=O)n(C(C)C(=O)NC(C)C)c(=O)c2c(C)c(-n3nccn3)sc21)OCC(C)(C)C#N. The Morgan fingerprint density at radius 3 is 2.49 bits per heavy atom. The van der Waals surface area contributed by atoms with Crippen LogP contribution in [0.3, 0.4) is 0 Å². The maximum Gasteiger partial charge on any atom is 0.332 e. The quantitative estimate of drug-likeness (QED) is 0.270. The Labute approximate surface area is 251 Å². The number of benzene rings is 1. The fraction of sp³-hybridized carbons (Fsp3) is 0.448. The Morgan fingerprint density at radius 1 is 1.21 bits per heavy atom. The minimum Gasteiger partial charge on any atom is -0.496 e. The van der Waals surface area contributed by atoms with Crippen LogP contribution in [0.1, 0.15) is 57.9 Å². The summed E-state index contributed by atoms with van der Waals surface area (Å²) in [6.07, 6.45) is 1.99. The number of ether oxygens (including phenoxy) is 2. The highest BCUT2D eigenvalue weighted by Crippen LogP contribution is 2.35. The van der Waals surface area contributed by atoms with Gasteiger partial charge < -0.3 is 14.8 Å². The maximum atomic E-state index is 14.5. The number of carbonyl (C=O) groups excluding carboxylic acids is 1. The molecule has 2 atom stereocenters. The number of hydrogen-bond acceptors (Lipinski definition) is 9. The van der Waals surface area contributed by atoms with E-state index in [2.05, 4.69) is 21.6 Å². The van der Waals surface area contributed by atoms with E-state index in [1.807, 2.05) is 0 Å². The third kappa shape index (κ3) is 6.37. The highest BCUT2D eigenvalue weighted by atomic mass is 32.1. The summed E-state index contributed by atoms with van der Waals surface area (Å²) in [6.45, 7) is 9.89. The van der Waals surface area contributed by atoms with Crippen molar-refractivity contribution < 1.29 is 18.7 Å². The minimum atomic E-state index is -1.15. The van der Waals surface area contributed by atoms with Crippen LogP contribution < -0.4 is 21.3 Å². The topological polar surface area (TPSA) is 146 Å². The van der Waals surface area contributed by atoms with Gasteiger partial charge in [-0.1, -0.05) is 11.3 Å². The molecule has 4 aromatic rings. The number of fused-ring (bicyclic) bond motifs is 1. The van der Waals surface area contributed by atoms with Gasteiger partial charge in [0.15, 0.2) is 0 Å². The van der Waals surface area contributed by atoms with E-state index >= 15 is 0 Å². The van der Waals surface area contributed by atoms with E-state index in [4.69, 9.17) is 9.47 Å². The van der Waals surface area contributed by atoms with Crippen molar-refractivity contribution in [2.45, 2.75) is 66.3 Å². The van der Waals surface area contributed by atoms with E-state index in [1.165, 1.54) is 54.0 Å². The molecule has 1 N–H and O–H groups in total. The predicted molar refractivity (Wildman–Crippen MR) is 159 cm³/mol. The van der Waals surface area contributed by atoms with Crippen LogP contribution in [0.25, 0.3) is 15.2 Å². The molecule has 4 rings (SSSR count). The average Bonchev–Trinajstić information content (AvgIpc) is 3.60. The van der Waals surface area contributed by atoms with Crippen molar-refractivity contribution in [2.75, 3.05) is 13.7 Å². The summed E-state index contributed by atoms with van der Waals surface area (Å²) in [5, 5.41) is 21.5. The van der Waals surface area contributed by atoms with Gasteiger partial charge in [-0.3, -0.25) is 14.2 Å². The molecule has 1 aromatic carbocycles. The number of nitriles is 1. The maximum absolute atomic E-state index is 14.5. The number of thiophene rings is 1. The third-order valence-corrected chi connectivity index (χ3v) is 8.13. The van der Waals surface area contributed by atoms with Crippen molar-refractivity contribution in [3.05, 3.63) is 68.4 Å². The third-order valence-electron chi connectivity index (χ3n) is 6.85. The lowest BCUT2D eigenvalue weighted by Crippen LogP contribution is -2.47. The molecule has 43 heavy (non-hydrogen) atoms. The first-order valence-corrected chi connectivity index (χ1v) is 14.4. The van der Waals surface area contributed by atoms with Crippen LogP contribution in [0.4, 0.5) is 4.39 Å². The van der Waals surface area contributed by atoms with E-state index in [-0.39, 0.29) is 24.6 Å². The number of aryl methyl sites for hydroxylation is 1. The van der Waals surface area contributed by atoms with Crippen molar-refractivity contribution in [3.8, 4) is 16.8 Å². The first kappa shape index (κ1) is 31.6. The first-order valence-electron chi connectivity index (χ1n) is 13.6. The fourth-order valence-corrected chi connectivity index (χ4v) is 5.81. The van der Waals surface area contributed by atoms with E-state index in [0.717, 1.165) is 15.9 Å². The van der Waals surface area contributed by atoms with Crippen LogP contribution >= 0.6 is 11.3 Å². The molecule has 228 valence electrons. The molecule has 1 unspecified atom stereocenters. The van der Waals surface area contributed by atoms with E-state index in [1.54, 1.807) is 34.6 Å². The minimum absolute atomic E-state index is 0.0511. The lowest BCUT2D eigenvalue weighted by molar-refractivity contribution is -0.124. The van der Waals surface area contributed by atoms with Gasteiger partial charge in [-0.25, -0.2) is 13.8 Å². The van der Waals surface area contributed by atoms with Gasteiger partial charge in [-0.05, 0) is 59.7 Å². The van der Waals surface area contributed by atoms with Gasteiger partial charge in [0.2, 0.25) is 5.91 Å². The van der Waals surface area contributed by atoms with Crippen LogP contribution in [-0.2, 0) is 16.1 Å². The number of rotatable bonds is 11. The molecule has 3 heterocycles. The van der Waals surface area contributed by atoms with Crippen molar-refractivity contribution >= 4 is 27.5 Å². The number of aromatic nitrogens is 5. The number of methoxy groups -OCH3 is 1. The largest absolute Gasteiger partial charge is 0.496 e. The molecular weight excluding hydrogens is 577 g/mol. The summed E-state index contributed by atoms with van der Waals surface area (Å²) < 4.78 is 28.5. The standard InChI is InChI=1S/C29H34FN7O5S/c1-16(2)34-24(38)18(4)36-25(39)23-17(3)26(37-32-10-11-33-37)43-27(23)35(28(36)40)13-22(42-15-29(5,6)14-31)20-12-19(30)8-9-21(20)41-7/h8-12,16,18,22H,13,15H2,1-7H3,(H,34,38)/t18?,22-/m0/s1. The highest BCUT2D eigenvalue weighted by Gasteiger charge is 2.30. The normalized spacial score (nSPS) is 13.2. The van der Waals surface area contributed by atoms with Gasteiger partial charge in [0.25, 0.3) is 5.56 Å². The summed E-state index contributed by atoms with van der Waals surface area (Å²) in [7, 11) is 1.43. The van der Waals surface area contributed by atoms with Crippen LogP contribution in [0.5, 0.6) is 5.75 Å². The van der Waals surface area contributed by atoms with Gasteiger partial charge >= 0.3 is 5.69 Å². The van der Waals surface area contributed by atoms with Gasteiger partial charge in [0, 0.05) is 17.2 Å². The van der Waals surface area contributed by atoms with Crippen LogP contribution in [0.15, 0.2) is 40.2 Å². The molecule has 1 amide bonds. The average molecular weight is 612 g/mol. The molecule has 0 radical (unpaired) electrons. The number of hydrogen-bond donors (Lipinski definition) is 1. The Bertz CT molecular complexity index is 1800. The van der Waals surface area contributed by atoms with Crippen molar-refractivity contribution in [3.63, 3.8) is 0 Å². The fourth-order valence-electron chi connectivity index (χ4n) is 4.59. The second-order valence-corrected chi connectivity index (χ2v) is 12.1. The molecule has 3 aromatic heterocycles. The van der Waals surface area contributed by atoms with E-state index in [9.17, 15) is 24.0 Å². The highest BCUT2D eigenvalue weighted by molar-refractivity contribution is 7.21. The molecule has 0 saturated heterocycles.